The summed E-state index contributed by atoms with van der Waals surface area (Å²) >= 11 is 5.39. The van der Waals surface area contributed by atoms with Gasteiger partial charge in [0.1, 0.15) is 5.82 Å². The molecule has 3 rings (SSSR count). The van der Waals surface area contributed by atoms with E-state index in [1.165, 1.54) is 19.2 Å². The highest BCUT2D eigenvalue weighted by atomic mass is 32.1. The number of carbonyl (C=O) groups excluding carboxylic acids is 1. The molecule has 0 radical (unpaired) electrons. The van der Waals surface area contributed by atoms with E-state index in [-0.39, 0.29) is 11.9 Å². The lowest BCUT2D eigenvalue weighted by molar-refractivity contribution is -0.142. The Bertz CT molecular complexity index is 793. The molecule has 0 unspecified atom stereocenters. The van der Waals surface area contributed by atoms with Crippen LogP contribution < -0.4 is 10.2 Å². The Kier molecular flexibility index (Phi) is 5.09. The topological polar surface area (TPSA) is 41.6 Å². The van der Waals surface area contributed by atoms with Crippen LogP contribution >= 0.6 is 12.2 Å². The number of halogens is 1. The molecule has 0 bridgehead atoms. The number of hydrogen-bond donors (Lipinski definition) is 1. The van der Waals surface area contributed by atoms with Gasteiger partial charge in [0.15, 0.2) is 11.2 Å². The average molecular weight is 356 g/mol. The van der Waals surface area contributed by atoms with Crippen molar-refractivity contribution in [3.05, 3.63) is 72.1 Å². The molecule has 1 aliphatic rings. The molecule has 1 aliphatic heterocycles. The second-order valence-electron chi connectivity index (χ2n) is 5.56. The van der Waals surface area contributed by atoms with E-state index in [1.807, 2.05) is 42.5 Å². The minimum atomic E-state index is -0.637. The molecule has 1 heterocycles. The van der Waals surface area contributed by atoms with Gasteiger partial charge < -0.3 is 15.0 Å². The Morgan fingerprint density at radius 2 is 1.88 bits per heavy atom. The molecule has 0 aliphatic carbocycles. The average Bonchev–Trinajstić information content (AvgIpc) is 2.97. The van der Waals surface area contributed by atoms with Crippen molar-refractivity contribution in [2.75, 3.05) is 12.0 Å². The number of carbonyl (C=O) groups is 1. The maximum absolute atomic E-state index is 13.2. The molecule has 1 saturated heterocycles. The van der Waals surface area contributed by atoms with Crippen molar-refractivity contribution in [2.24, 2.45) is 0 Å². The summed E-state index contributed by atoms with van der Waals surface area (Å²) in [5, 5.41) is 3.39. The Hall–Kier alpha value is -2.73. The molecule has 0 saturated carbocycles. The van der Waals surface area contributed by atoms with Crippen molar-refractivity contribution in [3.8, 4) is 0 Å². The molecule has 2 atom stereocenters. The molecule has 128 valence electrons. The number of thiocarbonyl (C=S) groups is 1. The van der Waals surface area contributed by atoms with E-state index >= 15 is 0 Å². The fraction of sp³-hybridized carbons (Fsp3) is 0.158. The first-order chi connectivity index (χ1) is 12.1. The minimum absolute atomic E-state index is 0.331. The summed E-state index contributed by atoms with van der Waals surface area (Å²) in [4.78, 5) is 13.9. The zero-order valence-electron chi connectivity index (χ0n) is 13.6. The van der Waals surface area contributed by atoms with Crippen LogP contribution in [0.5, 0.6) is 0 Å². The smallest absolute Gasteiger partial charge is 0.330 e. The van der Waals surface area contributed by atoms with Crippen LogP contribution in [0, 0.1) is 5.82 Å². The largest absolute Gasteiger partial charge is 0.467 e. The van der Waals surface area contributed by atoms with Crippen molar-refractivity contribution >= 4 is 35.1 Å². The number of hydrogen-bond acceptors (Lipinski definition) is 3. The molecule has 2 aromatic rings. The molecule has 6 heteroatoms. The summed E-state index contributed by atoms with van der Waals surface area (Å²) < 4.78 is 18.1. The second kappa shape index (κ2) is 7.44. The minimum Gasteiger partial charge on any atom is -0.467 e. The number of rotatable bonds is 4. The highest BCUT2D eigenvalue weighted by molar-refractivity contribution is 7.80. The van der Waals surface area contributed by atoms with Crippen LogP contribution in [-0.4, -0.2) is 30.3 Å². The van der Waals surface area contributed by atoms with Gasteiger partial charge in [-0.3, -0.25) is 0 Å². The number of nitrogens with zero attached hydrogens (tertiary/aromatic N) is 1. The van der Waals surface area contributed by atoms with Crippen LogP contribution in [0.2, 0.25) is 0 Å². The predicted molar refractivity (Wildman–Crippen MR) is 99.7 cm³/mol. The standard InChI is InChI=1S/C19H17FN2O2S/c1-24-18(23)17-16(12-7-13-5-3-2-4-6-13)22(19(25)21-17)15-10-8-14(20)9-11-15/h2-12,16-17H,1H3,(H,21,25)/b12-7+/t16-,17+/m0/s1. The molecule has 4 nitrogen and oxygen atoms in total. The van der Waals surface area contributed by atoms with Gasteiger partial charge in [-0.25, -0.2) is 9.18 Å². The fourth-order valence-corrected chi connectivity index (χ4v) is 3.11. The molecule has 1 N–H and O–H groups in total. The van der Waals surface area contributed by atoms with Crippen LogP contribution in [0.3, 0.4) is 0 Å². The van der Waals surface area contributed by atoms with Crippen LogP contribution in [0.15, 0.2) is 60.7 Å². The second-order valence-corrected chi connectivity index (χ2v) is 5.94. The number of ether oxygens (including phenoxy) is 1. The Labute approximate surface area is 150 Å². The van der Waals surface area contributed by atoms with E-state index in [2.05, 4.69) is 5.32 Å². The van der Waals surface area contributed by atoms with Gasteiger partial charge in [0, 0.05) is 5.69 Å². The van der Waals surface area contributed by atoms with Gasteiger partial charge in [0.05, 0.1) is 13.2 Å². The maximum Gasteiger partial charge on any atom is 0.330 e. The summed E-state index contributed by atoms with van der Waals surface area (Å²) in [7, 11) is 1.34. The van der Waals surface area contributed by atoms with Crippen molar-refractivity contribution in [3.63, 3.8) is 0 Å². The third kappa shape index (κ3) is 3.69. The zero-order valence-corrected chi connectivity index (χ0v) is 14.4. The predicted octanol–water partition coefficient (Wildman–Crippen LogP) is 3.14. The number of nitrogens with one attached hydrogen (secondary N) is 1. The van der Waals surface area contributed by atoms with Crippen molar-refractivity contribution < 1.29 is 13.9 Å². The normalized spacial score (nSPS) is 19.9. The van der Waals surface area contributed by atoms with E-state index < -0.39 is 12.0 Å². The highest BCUT2D eigenvalue weighted by Crippen LogP contribution is 2.26. The first kappa shape index (κ1) is 17.1. The van der Waals surface area contributed by atoms with Gasteiger partial charge in [-0.2, -0.15) is 0 Å². The van der Waals surface area contributed by atoms with Crippen molar-refractivity contribution in [1.82, 2.24) is 5.32 Å². The SMILES string of the molecule is COC(=O)[C@@H]1NC(=S)N(c2ccc(F)cc2)[C@H]1/C=C/c1ccccc1. The lowest BCUT2D eigenvalue weighted by Gasteiger charge is -2.24. The van der Waals surface area contributed by atoms with Crippen molar-refractivity contribution in [1.29, 1.82) is 0 Å². The quantitative estimate of drug-likeness (QED) is 0.673. The molecular weight excluding hydrogens is 339 g/mol. The fourth-order valence-electron chi connectivity index (χ4n) is 2.76. The summed E-state index contributed by atoms with van der Waals surface area (Å²) in [5.41, 5.74) is 1.70. The highest BCUT2D eigenvalue weighted by Gasteiger charge is 2.41. The van der Waals surface area contributed by atoms with E-state index in [1.54, 1.807) is 17.0 Å². The van der Waals surface area contributed by atoms with Crippen LogP contribution in [0.25, 0.3) is 6.08 Å². The summed E-state index contributed by atoms with van der Waals surface area (Å²) in [6.45, 7) is 0. The van der Waals surface area contributed by atoms with Crippen LogP contribution in [0.4, 0.5) is 10.1 Å². The van der Waals surface area contributed by atoms with Gasteiger partial charge >= 0.3 is 5.97 Å². The molecular formula is C19H17FN2O2S. The number of methoxy groups -OCH3 is 1. The van der Waals surface area contributed by atoms with E-state index in [4.69, 9.17) is 17.0 Å². The Morgan fingerprint density at radius 1 is 1.20 bits per heavy atom. The molecule has 25 heavy (non-hydrogen) atoms. The molecule has 0 aromatic heterocycles. The van der Waals surface area contributed by atoms with Gasteiger partial charge in [-0.15, -0.1) is 0 Å². The first-order valence-electron chi connectivity index (χ1n) is 7.76. The van der Waals surface area contributed by atoms with E-state index in [0.717, 1.165) is 5.56 Å². The Morgan fingerprint density at radius 3 is 2.52 bits per heavy atom. The maximum atomic E-state index is 13.2. The summed E-state index contributed by atoms with van der Waals surface area (Å²) in [5.74, 6) is -0.739. The number of esters is 1. The molecule has 0 spiro atoms. The van der Waals surface area contributed by atoms with Crippen LogP contribution in [0.1, 0.15) is 5.56 Å². The third-order valence-electron chi connectivity index (χ3n) is 3.98. The number of anilines is 1. The van der Waals surface area contributed by atoms with Gasteiger partial charge in [-0.05, 0) is 42.0 Å². The van der Waals surface area contributed by atoms with Gasteiger partial charge in [0.2, 0.25) is 0 Å². The summed E-state index contributed by atoms with van der Waals surface area (Å²) in [6.07, 6.45) is 3.82. The van der Waals surface area contributed by atoms with E-state index in [0.29, 0.717) is 10.8 Å². The first-order valence-corrected chi connectivity index (χ1v) is 8.17. The van der Waals surface area contributed by atoms with Gasteiger partial charge in [0.25, 0.3) is 0 Å². The van der Waals surface area contributed by atoms with Crippen molar-refractivity contribution in [2.45, 2.75) is 12.1 Å². The number of benzene rings is 2. The molecule has 0 amide bonds. The molecule has 2 aromatic carbocycles. The Balaban J connectivity index is 1.96. The third-order valence-corrected chi connectivity index (χ3v) is 4.30. The van der Waals surface area contributed by atoms with Gasteiger partial charge in [-0.1, -0.05) is 42.5 Å². The monoisotopic (exact) mass is 356 g/mol. The summed E-state index contributed by atoms with van der Waals surface area (Å²) in [6, 6.07) is 14.7. The molecule has 1 fully saturated rings. The lowest BCUT2D eigenvalue weighted by atomic mass is 10.1. The zero-order chi connectivity index (χ0) is 17.8. The van der Waals surface area contributed by atoms with E-state index in [9.17, 15) is 9.18 Å². The lowest BCUT2D eigenvalue weighted by Crippen LogP contribution is -2.41. The van der Waals surface area contributed by atoms with Crippen LogP contribution in [-0.2, 0) is 9.53 Å².